The third kappa shape index (κ3) is 4.13. The van der Waals surface area contributed by atoms with Crippen LogP contribution in [0.15, 0.2) is 39.3 Å². The van der Waals surface area contributed by atoms with Crippen molar-refractivity contribution in [2.45, 2.75) is 0 Å². The number of carbonyl (C=O) groups excluding carboxylic acids is 1. The molecule has 0 fully saturated rings. The van der Waals surface area contributed by atoms with Crippen molar-refractivity contribution in [3.63, 3.8) is 0 Å². The Morgan fingerprint density at radius 3 is 2.38 bits per heavy atom. The number of nitrogens with one attached hydrogen (secondary N) is 1. The first-order chi connectivity index (χ1) is 9.90. The van der Waals surface area contributed by atoms with Gasteiger partial charge in [-0.15, -0.1) is 0 Å². The summed E-state index contributed by atoms with van der Waals surface area (Å²) in [5.74, 6) is 0.180. The Morgan fingerprint density at radius 1 is 1.10 bits per heavy atom. The smallest absolute Gasteiger partial charge is 0.255 e. The van der Waals surface area contributed by atoms with Gasteiger partial charge in [0, 0.05) is 20.1 Å². The molecule has 21 heavy (non-hydrogen) atoms. The normalized spacial score (nSPS) is 10.3. The van der Waals surface area contributed by atoms with Crippen molar-refractivity contribution in [1.29, 1.82) is 0 Å². The Labute approximate surface area is 148 Å². The lowest BCUT2D eigenvalue weighted by Gasteiger charge is -2.12. The van der Waals surface area contributed by atoms with Gasteiger partial charge in [0.1, 0.15) is 0 Å². The summed E-state index contributed by atoms with van der Waals surface area (Å²) in [5, 5.41) is 3.70. The van der Waals surface area contributed by atoms with Crippen LogP contribution in [0.25, 0.3) is 0 Å². The fourth-order valence-corrected chi connectivity index (χ4v) is 3.57. The number of hydrogen-bond acceptors (Lipinski definition) is 2. The molecule has 0 heterocycles. The highest BCUT2D eigenvalue weighted by Gasteiger charge is 2.14. The van der Waals surface area contributed by atoms with E-state index in [1.54, 1.807) is 30.3 Å². The van der Waals surface area contributed by atoms with E-state index in [4.69, 9.17) is 27.9 Å². The Morgan fingerprint density at radius 2 is 1.76 bits per heavy atom. The van der Waals surface area contributed by atoms with Crippen molar-refractivity contribution in [2.75, 3.05) is 12.4 Å². The number of ether oxygens (including phenoxy) is 1. The Hall–Kier alpha value is -0.750. The zero-order valence-corrected chi connectivity index (χ0v) is 15.4. The predicted molar refractivity (Wildman–Crippen MR) is 92.8 cm³/mol. The molecular formula is C14H9Br2Cl2NO2. The van der Waals surface area contributed by atoms with Crippen LogP contribution < -0.4 is 10.1 Å². The Balaban J connectivity index is 2.35. The molecule has 0 unspecified atom stereocenters. The third-order valence-corrected chi connectivity index (χ3v) is 4.07. The number of benzene rings is 2. The van der Waals surface area contributed by atoms with E-state index in [1.807, 2.05) is 0 Å². The summed E-state index contributed by atoms with van der Waals surface area (Å²) in [7, 11) is 1.51. The van der Waals surface area contributed by atoms with E-state index in [1.165, 1.54) is 7.11 Å². The summed E-state index contributed by atoms with van der Waals surface area (Å²) in [4.78, 5) is 12.3. The molecule has 0 spiro atoms. The average molecular weight is 454 g/mol. The van der Waals surface area contributed by atoms with Gasteiger partial charge in [-0.2, -0.15) is 0 Å². The second-order valence-electron chi connectivity index (χ2n) is 4.08. The topological polar surface area (TPSA) is 38.3 Å². The molecule has 0 saturated carbocycles. The molecule has 0 radical (unpaired) electrons. The van der Waals surface area contributed by atoms with Crippen LogP contribution in [0.2, 0.25) is 10.0 Å². The second kappa shape index (κ2) is 7.01. The maximum Gasteiger partial charge on any atom is 0.255 e. The first kappa shape index (κ1) is 16.6. The summed E-state index contributed by atoms with van der Waals surface area (Å²) in [5.41, 5.74) is 0.894. The molecular weight excluding hydrogens is 445 g/mol. The average Bonchev–Trinajstić information content (AvgIpc) is 2.37. The van der Waals surface area contributed by atoms with Gasteiger partial charge in [0.25, 0.3) is 5.91 Å². The van der Waals surface area contributed by atoms with Crippen LogP contribution in [-0.2, 0) is 0 Å². The van der Waals surface area contributed by atoms with Crippen LogP contribution in [0.3, 0.4) is 0 Å². The fraction of sp³-hybridized carbons (Fsp3) is 0.0714. The minimum absolute atomic E-state index is 0.314. The highest BCUT2D eigenvalue weighted by molar-refractivity contribution is 9.10. The van der Waals surface area contributed by atoms with Crippen LogP contribution in [0.4, 0.5) is 5.69 Å². The quantitative estimate of drug-likeness (QED) is 0.639. The highest BCUT2D eigenvalue weighted by atomic mass is 79.9. The van der Waals surface area contributed by atoms with Crippen molar-refractivity contribution in [3.8, 4) is 5.75 Å². The van der Waals surface area contributed by atoms with Gasteiger partial charge in [0.2, 0.25) is 0 Å². The van der Waals surface area contributed by atoms with Crippen molar-refractivity contribution in [3.05, 3.63) is 54.9 Å². The van der Waals surface area contributed by atoms with Gasteiger partial charge in [0.15, 0.2) is 5.75 Å². The van der Waals surface area contributed by atoms with Gasteiger partial charge in [-0.3, -0.25) is 4.79 Å². The van der Waals surface area contributed by atoms with Crippen LogP contribution in [0, 0.1) is 0 Å². The number of anilines is 1. The van der Waals surface area contributed by atoms with Crippen LogP contribution in [-0.4, -0.2) is 13.0 Å². The monoisotopic (exact) mass is 451 g/mol. The number of halogens is 4. The number of rotatable bonds is 3. The molecule has 0 aliphatic carbocycles. The minimum Gasteiger partial charge on any atom is -0.493 e. The van der Waals surface area contributed by atoms with Crippen molar-refractivity contribution < 1.29 is 9.53 Å². The molecule has 2 aromatic rings. The van der Waals surface area contributed by atoms with Crippen molar-refractivity contribution >= 4 is 66.7 Å². The SMILES string of the molecule is COc1c(Br)cc(Cl)cc1NC(=O)c1cc(Cl)cc(Br)c1. The molecule has 3 nitrogen and oxygen atoms in total. The number of carbonyl (C=O) groups is 1. The molecule has 7 heteroatoms. The van der Waals surface area contributed by atoms with Gasteiger partial charge in [-0.05, 0) is 46.3 Å². The van der Waals surface area contributed by atoms with Gasteiger partial charge < -0.3 is 10.1 Å². The van der Waals surface area contributed by atoms with Gasteiger partial charge in [-0.1, -0.05) is 39.1 Å². The molecule has 0 saturated heterocycles. The van der Waals surface area contributed by atoms with E-state index in [0.29, 0.717) is 31.5 Å². The molecule has 110 valence electrons. The van der Waals surface area contributed by atoms with E-state index in [0.717, 1.165) is 4.47 Å². The highest BCUT2D eigenvalue weighted by Crippen LogP contribution is 2.36. The first-order valence-corrected chi connectivity index (χ1v) is 8.05. The molecule has 2 rings (SSSR count). The molecule has 0 aromatic heterocycles. The number of hydrogen-bond donors (Lipinski definition) is 1. The van der Waals surface area contributed by atoms with Crippen LogP contribution >= 0.6 is 55.1 Å². The summed E-state index contributed by atoms with van der Waals surface area (Å²) < 4.78 is 6.63. The molecule has 2 aromatic carbocycles. The molecule has 1 amide bonds. The maximum atomic E-state index is 12.3. The van der Waals surface area contributed by atoms with E-state index in [-0.39, 0.29) is 5.91 Å². The van der Waals surface area contributed by atoms with Crippen molar-refractivity contribution in [1.82, 2.24) is 0 Å². The number of methoxy groups -OCH3 is 1. The molecule has 0 bridgehead atoms. The third-order valence-electron chi connectivity index (χ3n) is 2.59. The van der Waals surface area contributed by atoms with E-state index in [2.05, 4.69) is 37.2 Å². The van der Waals surface area contributed by atoms with E-state index >= 15 is 0 Å². The first-order valence-electron chi connectivity index (χ1n) is 5.71. The van der Waals surface area contributed by atoms with Crippen LogP contribution in [0.5, 0.6) is 5.75 Å². The summed E-state index contributed by atoms with van der Waals surface area (Å²) in [6, 6.07) is 8.25. The lowest BCUT2D eigenvalue weighted by molar-refractivity contribution is 0.102. The Kier molecular flexibility index (Phi) is 5.54. The second-order valence-corrected chi connectivity index (χ2v) is 6.72. The van der Waals surface area contributed by atoms with Gasteiger partial charge in [0.05, 0.1) is 17.3 Å². The fourth-order valence-electron chi connectivity index (χ4n) is 1.74. The zero-order chi connectivity index (χ0) is 15.6. The minimum atomic E-state index is -0.314. The summed E-state index contributed by atoms with van der Waals surface area (Å²) in [6.07, 6.45) is 0. The lowest BCUT2D eigenvalue weighted by atomic mass is 10.2. The van der Waals surface area contributed by atoms with E-state index < -0.39 is 0 Å². The largest absolute Gasteiger partial charge is 0.493 e. The molecule has 1 N–H and O–H groups in total. The maximum absolute atomic E-state index is 12.3. The standard InChI is InChI=1S/C14H9Br2Cl2NO2/c1-21-13-11(16)5-10(18)6-12(13)19-14(20)7-2-8(15)4-9(17)3-7/h2-6H,1H3,(H,19,20). The molecule has 0 aliphatic rings. The summed E-state index contributed by atoms with van der Waals surface area (Å²) in [6.45, 7) is 0. The van der Waals surface area contributed by atoms with Crippen molar-refractivity contribution in [2.24, 2.45) is 0 Å². The van der Waals surface area contributed by atoms with Gasteiger partial charge >= 0.3 is 0 Å². The molecule has 0 atom stereocenters. The molecule has 0 aliphatic heterocycles. The lowest BCUT2D eigenvalue weighted by Crippen LogP contribution is -2.13. The van der Waals surface area contributed by atoms with E-state index in [9.17, 15) is 4.79 Å². The summed E-state index contributed by atoms with van der Waals surface area (Å²) >= 11 is 18.6. The van der Waals surface area contributed by atoms with Gasteiger partial charge in [-0.25, -0.2) is 0 Å². The predicted octanol–water partition coefficient (Wildman–Crippen LogP) is 5.78. The Bertz CT molecular complexity index is 687. The zero-order valence-electron chi connectivity index (χ0n) is 10.7. The van der Waals surface area contributed by atoms with Crippen LogP contribution in [0.1, 0.15) is 10.4 Å². The number of amides is 1.